The van der Waals surface area contributed by atoms with Gasteiger partial charge in [-0.05, 0) is 37.9 Å². The van der Waals surface area contributed by atoms with Gasteiger partial charge in [-0.3, -0.25) is 0 Å². The molecule has 1 fully saturated rings. The van der Waals surface area contributed by atoms with Gasteiger partial charge >= 0.3 is 0 Å². The first-order valence-electron chi connectivity index (χ1n) is 9.04. The smallest absolute Gasteiger partial charge is 0.163 e. The highest BCUT2D eigenvalue weighted by atomic mass is 35.5. The quantitative estimate of drug-likeness (QED) is 0.546. The molecule has 0 aromatic carbocycles. The van der Waals surface area contributed by atoms with E-state index in [1.807, 2.05) is 4.57 Å². The van der Waals surface area contributed by atoms with Gasteiger partial charge in [0.25, 0.3) is 0 Å². The first-order chi connectivity index (χ1) is 13.2. The number of piperidine rings is 1. The molecule has 4 aromatic heterocycles. The summed E-state index contributed by atoms with van der Waals surface area (Å²) in [4.78, 5) is 15.9. The van der Waals surface area contributed by atoms with Gasteiger partial charge in [-0.25, -0.2) is 23.7 Å². The number of nitrogens with one attached hydrogen (secondary N) is 2. The van der Waals surface area contributed by atoms with Crippen LogP contribution < -0.4 is 5.32 Å². The Morgan fingerprint density at radius 2 is 2.07 bits per heavy atom. The lowest BCUT2D eigenvalue weighted by Gasteiger charge is -2.23. The maximum Gasteiger partial charge on any atom is 0.163 e. The van der Waals surface area contributed by atoms with Crippen LogP contribution in [0.3, 0.4) is 0 Å². The van der Waals surface area contributed by atoms with Gasteiger partial charge in [0.15, 0.2) is 11.6 Å². The van der Waals surface area contributed by atoms with Crippen LogP contribution in [-0.2, 0) is 6.54 Å². The zero-order valence-corrected chi connectivity index (χ0v) is 15.8. The average molecular weight is 405 g/mol. The molecule has 5 rings (SSSR count). The van der Waals surface area contributed by atoms with E-state index in [9.17, 15) is 8.78 Å². The van der Waals surface area contributed by atoms with E-state index in [1.54, 1.807) is 6.20 Å². The van der Waals surface area contributed by atoms with E-state index in [0.29, 0.717) is 45.9 Å². The second-order valence-electron chi connectivity index (χ2n) is 7.02. The van der Waals surface area contributed by atoms with Crippen LogP contribution in [0.15, 0.2) is 30.9 Å². The lowest BCUT2D eigenvalue weighted by molar-refractivity contribution is 0.339. The van der Waals surface area contributed by atoms with Gasteiger partial charge in [0.2, 0.25) is 0 Å². The average Bonchev–Trinajstić information content (AvgIpc) is 3.23. The minimum Gasteiger partial charge on any atom is -0.345 e. The zero-order valence-electron chi connectivity index (χ0n) is 15.0. The molecule has 1 saturated heterocycles. The Morgan fingerprint density at radius 1 is 1.18 bits per heavy atom. The Kier molecular flexibility index (Phi) is 4.99. The number of fused-ring (bicyclic) bond motifs is 2. The minimum atomic E-state index is -0.427. The number of hydrogen-bond acceptors (Lipinski definition) is 4. The minimum absolute atomic E-state index is 0. The zero-order chi connectivity index (χ0) is 18.4. The number of pyridine rings is 1. The third kappa shape index (κ3) is 3.22. The van der Waals surface area contributed by atoms with Crippen LogP contribution in [-0.4, -0.2) is 37.6 Å². The predicted molar refractivity (Wildman–Crippen MR) is 105 cm³/mol. The molecular formula is C19H19ClF2N6. The first kappa shape index (κ1) is 18.8. The van der Waals surface area contributed by atoms with Crippen molar-refractivity contribution >= 4 is 34.5 Å². The molecule has 0 spiro atoms. The van der Waals surface area contributed by atoms with Gasteiger partial charge in [0.1, 0.15) is 17.1 Å². The second kappa shape index (κ2) is 7.44. The number of H-pyrrole nitrogens is 1. The fourth-order valence-electron chi connectivity index (χ4n) is 3.82. The van der Waals surface area contributed by atoms with Crippen molar-refractivity contribution in [3.8, 4) is 11.4 Å². The molecule has 0 saturated carbocycles. The Bertz CT molecular complexity index is 1130. The Morgan fingerprint density at radius 3 is 2.89 bits per heavy atom. The molecule has 0 bridgehead atoms. The van der Waals surface area contributed by atoms with Gasteiger partial charge in [-0.1, -0.05) is 0 Å². The van der Waals surface area contributed by atoms with Gasteiger partial charge in [-0.2, -0.15) is 0 Å². The van der Waals surface area contributed by atoms with Crippen LogP contribution in [0.2, 0.25) is 0 Å². The Hall–Kier alpha value is -2.58. The van der Waals surface area contributed by atoms with Crippen molar-refractivity contribution in [3.05, 3.63) is 42.5 Å². The maximum absolute atomic E-state index is 14.4. The Balaban J connectivity index is 0.00000192. The predicted octanol–water partition coefficient (Wildman–Crippen LogP) is 3.67. The van der Waals surface area contributed by atoms with Gasteiger partial charge in [0, 0.05) is 36.1 Å². The van der Waals surface area contributed by atoms with Crippen LogP contribution in [0.1, 0.15) is 12.8 Å². The number of aromatic nitrogens is 5. The van der Waals surface area contributed by atoms with E-state index >= 15 is 0 Å². The summed E-state index contributed by atoms with van der Waals surface area (Å²) < 4.78 is 29.8. The summed E-state index contributed by atoms with van der Waals surface area (Å²) in [6.45, 7) is 2.66. The summed E-state index contributed by atoms with van der Waals surface area (Å²) in [5, 5.41) is 4.38. The highest BCUT2D eigenvalue weighted by Crippen LogP contribution is 2.28. The van der Waals surface area contributed by atoms with Crippen molar-refractivity contribution in [2.24, 2.45) is 5.92 Å². The molecular weight excluding hydrogens is 386 g/mol. The van der Waals surface area contributed by atoms with Crippen molar-refractivity contribution < 1.29 is 8.78 Å². The SMILES string of the molecule is Cl.Fc1cnc2[nH]cc(-c3ncc4c(F)cn(CC5CCCNC5)c4n3)c2c1. The molecule has 0 amide bonds. The number of aromatic amines is 1. The molecule has 1 aliphatic heterocycles. The second-order valence-corrected chi connectivity index (χ2v) is 7.02. The summed E-state index contributed by atoms with van der Waals surface area (Å²) >= 11 is 0. The number of hydrogen-bond donors (Lipinski definition) is 2. The standard InChI is InChI=1S/C19H18F2N6.ClH/c20-12-4-13-14(7-24-17(13)23-6-12)18-25-8-15-16(21)10-27(19(15)26-18)9-11-2-1-3-22-5-11;/h4,6-8,10-11,22H,1-3,5,9H2,(H,23,24);1H. The molecule has 2 N–H and O–H groups in total. The van der Waals surface area contributed by atoms with E-state index < -0.39 is 5.82 Å². The van der Waals surface area contributed by atoms with Crippen molar-refractivity contribution in [2.75, 3.05) is 13.1 Å². The summed E-state index contributed by atoms with van der Waals surface area (Å²) in [6, 6.07) is 1.40. The largest absolute Gasteiger partial charge is 0.345 e. The normalized spacial score (nSPS) is 17.1. The monoisotopic (exact) mass is 404 g/mol. The summed E-state index contributed by atoms with van der Waals surface area (Å²) in [5.41, 5.74) is 1.76. The molecule has 0 aliphatic carbocycles. The van der Waals surface area contributed by atoms with Crippen LogP contribution in [0.25, 0.3) is 33.5 Å². The highest BCUT2D eigenvalue weighted by molar-refractivity contribution is 5.92. The lowest BCUT2D eigenvalue weighted by atomic mass is 10.00. The van der Waals surface area contributed by atoms with Crippen molar-refractivity contribution in [1.82, 2.24) is 29.8 Å². The van der Waals surface area contributed by atoms with Crippen LogP contribution >= 0.6 is 12.4 Å². The Labute approximate surface area is 165 Å². The van der Waals surface area contributed by atoms with Crippen LogP contribution in [0, 0.1) is 17.6 Å². The van der Waals surface area contributed by atoms with E-state index in [1.165, 1.54) is 18.5 Å². The summed E-state index contributed by atoms with van der Waals surface area (Å²) in [6.07, 6.45) is 8.08. The molecule has 9 heteroatoms. The molecule has 146 valence electrons. The number of rotatable bonds is 3. The molecule has 28 heavy (non-hydrogen) atoms. The fourth-order valence-corrected chi connectivity index (χ4v) is 3.82. The molecule has 0 radical (unpaired) electrons. The van der Waals surface area contributed by atoms with Crippen molar-refractivity contribution in [2.45, 2.75) is 19.4 Å². The number of halogens is 3. The topological polar surface area (TPSA) is 71.4 Å². The molecule has 6 nitrogen and oxygen atoms in total. The summed E-state index contributed by atoms with van der Waals surface area (Å²) in [5.74, 6) is 0.108. The first-order valence-corrected chi connectivity index (χ1v) is 9.04. The lowest BCUT2D eigenvalue weighted by Crippen LogP contribution is -2.32. The van der Waals surface area contributed by atoms with Crippen LogP contribution in [0.4, 0.5) is 8.78 Å². The fraction of sp³-hybridized carbons (Fsp3) is 0.316. The molecule has 1 atom stereocenters. The molecule has 4 aromatic rings. The van der Waals surface area contributed by atoms with Crippen molar-refractivity contribution in [3.63, 3.8) is 0 Å². The third-order valence-corrected chi connectivity index (χ3v) is 5.16. The van der Waals surface area contributed by atoms with E-state index in [0.717, 1.165) is 32.1 Å². The third-order valence-electron chi connectivity index (χ3n) is 5.16. The highest BCUT2D eigenvalue weighted by Gasteiger charge is 2.19. The maximum atomic E-state index is 14.4. The number of nitrogens with zero attached hydrogens (tertiary/aromatic N) is 4. The van der Waals surface area contributed by atoms with E-state index in [4.69, 9.17) is 0 Å². The van der Waals surface area contributed by atoms with Gasteiger partial charge in [-0.15, -0.1) is 12.4 Å². The summed E-state index contributed by atoms with van der Waals surface area (Å²) in [7, 11) is 0. The van der Waals surface area contributed by atoms with E-state index in [2.05, 4.69) is 25.3 Å². The van der Waals surface area contributed by atoms with Gasteiger partial charge < -0.3 is 14.9 Å². The molecule has 5 heterocycles. The molecule has 1 unspecified atom stereocenters. The van der Waals surface area contributed by atoms with Crippen LogP contribution in [0.5, 0.6) is 0 Å². The van der Waals surface area contributed by atoms with Crippen molar-refractivity contribution in [1.29, 1.82) is 0 Å². The molecule has 1 aliphatic rings. The van der Waals surface area contributed by atoms with Gasteiger partial charge in [0.05, 0.1) is 11.6 Å². The van der Waals surface area contributed by atoms with E-state index in [-0.39, 0.29) is 18.2 Å².